The molecule has 0 heterocycles. The van der Waals surface area contributed by atoms with Crippen molar-refractivity contribution >= 4 is 28.9 Å². The van der Waals surface area contributed by atoms with Gasteiger partial charge in [0.15, 0.2) is 0 Å². The van der Waals surface area contributed by atoms with E-state index in [4.69, 9.17) is 33.7 Å². The van der Waals surface area contributed by atoms with Crippen LogP contribution in [0, 0.1) is 10.1 Å². The fraction of sp³-hybridized carbons (Fsp3) is 0.143. The van der Waals surface area contributed by atoms with Crippen molar-refractivity contribution in [3.05, 3.63) is 67.7 Å². The van der Waals surface area contributed by atoms with Crippen molar-refractivity contribution in [1.29, 1.82) is 0 Å². The second-order valence-electron chi connectivity index (χ2n) is 4.24. The molecule has 5 nitrogen and oxygen atoms in total. The van der Waals surface area contributed by atoms with Gasteiger partial charge in [-0.25, -0.2) is 0 Å². The molecule has 2 aromatic carbocycles. The van der Waals surface area contributed by atoms with Gasteiger partial charge in [0.2, 0.25) is 0 Å². The van der Waals surface area contributed by atoms with Gasteiger partial charge in [-0.05, 0) is 18.2 Å². The number of nitrogens with two attached hydrogens (primary N) is 1. The molecule has 0 aromatic heterocycles. The number of hydrogen-bond acceptors (Lipinski definition) is 4. The molecule has 0 radical (unpaired) electrons. The Kier molecular flexibility index (Phi) is 5.01. The maximum atomic E-state index is 10.7. The van der Waals surface area contributed by atoms with Crippen LogP contribution < -0.4 is 10.5 Å². The lowest BCUT2D eigenvalue weighted by Crippen LogP contribution is -2.04. The van der Waals surface area contributed by atoms with Gasteiger partial charge in [-0.15, -0.1) is 0 Å². The van der Waals surface area contributed by atoms with Crippen molar-refractivity contribution in [1.82, 2.24) is 0 Å². The van der Waals surface area contributed by atoms with Crippen molar-refractivity contribution < 1.29 is 9.66 Å². The van der Waals surface area contributed by atoms with Crippen LogP contribution in [0.3, 0.4) is 0 Å². The van der Waals surface area contributed by atoms with Gasteiger partial charge in [0.25, 0.3) is 5.69 Å². The van der Waals surface area contributed by atoms with Gasteiger partial charge >= 0.3 is 0 Å². The molecule has 110 valence electrons. The third-order valence-corrected chi connectivity index (χ3v) is 3.62. The van der Waals surface area contributed by atoms with E-state index in [1.54, 1.807) is 24.3 Å². The van der Waals surface area contributed by atoms with E-state index < -0.39 is 4.92 Å². The topological polar surface area (TPSA) is 78.4 Å². The molecule has 0 bridgehead atoms. The molecule has 2 aromatic rings. The number of ether oxygens (including phenoxy) is 1. The van der Waals surface area contributed by atoms with E-state index in [0.29, 0.717) is 21.9 Å². The van der Waals surface area contributed by atoms with E-state index in [-0.39, 0.29) is 23.9 Å². The van der Waals surface area contributed by atoms with Crippen LogP contribution in [0.1, 0.15) is 11.1 Å². The Morgan fingerprint density at radius 1 is 1.19 bits per heavy atom. The second-order valence-corrected chi connectivity index (χ2v) is 5.06. The van der Waals surface area contributed by atoms with Crippen LogP contribution in [0.15, 0.2) is 36.4 Å². The molecule has 0 fully saturated rings. The Morgan fingerprint density at radius 2 is 1.95 bits per heavy atom. The molecule has 0 aliphatic carbocycles. The van der Waals surface area contributed by atoms with Crippen LogP contribution in [-0.4, -0.2) is 4.92 Å². The number of benzene rings is 2. The van der Waals surface area contributed by atoms with Gasteiger partial charge in [-0.3, -0.25) is 10.1 Å². The smallest absolute Gasteiger partial charge is 0.270 e. The lowest BCUT2D eigenvalue weighted by Gasteiger charge is -2.12. The SMILES string of the molecule is NCc1c(Cl)cccc1OCc1ccc([N+](=O)[O-])cc1Cl. The first-order valence-corrected chi connectivity index (χ1v) is 6.81. The largest absolute Gasteiger partial charge is 0.488 e. The zero-order valence-electron chi connectivity index (χ0n) is 10.9. The molecular weight excluding hydrogens is 315 g/mol. The standard InChI is InChI=1S/C14H12Cl2N2O3/c15-12-2-1-3-14(11(12)7-17)21-8-9-4-5-10(18(19)20)6-13(9)16/h1-6H,7-8,17H2. The van der Waals surface area contributed by atoms with Crippen LogP contribution in [0.5, 0.6) is 5.75 Å². The van der Waals surface area contributed by atoms with Crippen LogP contribution in [0.25, 0.3) is 0 Å². The van der Waals surface area contributed by atoms with Crippen molar-refractivity contribution in [2.24, 2.45) is 5.73 Å². The van der Waals surface area contributed by atoms with Crippen molar-refractivity contribution in [3.63, 3.8) is 0 Å². The number of nitro benzene ring substituents is 1. The van der Waals surface area contributed by atoms with Gasteiger partial charge in [0.1, 0.15) is 12.4 Å². The first kappa shape index (κ1) is 15.6. The summed E-state index contributed by atoms with van der Waals surface area (Å²) in [7, 11) is 0. The molecule has 2 rings (SSSR count). The number of halogens is 2. The van der Waals surface area contributed by atoms with Crippen molar-refractivity contribution in [2.45, 2.75) is 13.2 Å². The number of nitro groups is 1. The number of hydrogen-bond donors (Lipinski definition) is 1. The molecule has 2 N–H and O–H groups in total. The Hall–Kier alpha value is -1.82. The summed E-state index contributed by atoms with van der Waals surface area (Å²) < 4.78 is 5.66. The van der Waals surface area contributed by atoms with Crippen LogP contribution in [0.2, 0.25) is 10.0 Å². The molecule has 0 aliphatic heterocycles. The fourth-order valence-corrected chi connectivity index (χ4v) is 2.27. The average Bonchev–Trinajstić information content (AvgIpc) is 2.45. The summed E-state index contributed by atoms with van der Waals surface area (Å²) in [5.41, 5.74) is 6.93. The summed E-state index contributed by atoms with van der Waals surface area (Å²) >= 11 is 12.0. The Balaban J connectivity index is 2.17. The first-order valence-electron chi connectivity index (χ1n) is 6.06. The number of non-ortho nitro benzene ring substituents is 1. The Morgan fingerprint density at radius 3 is 2.57 bits per heavy atom. The highest BCUT2D eigenvalue weighted by Crippen LogP contribution is 2.28. The van der Waals surface area contributed by atoms with E-state index >= 15 is 0 Å². The van der Waals surface area contributed by atoms with Crippen molar-refractivity contribution in [2.75, 3.05) is 0 Å². The maximum absolute atomic E-state index is 10.7. The zero-order valence-corrected chi connectivity index (χ0v) is 12.4. The minimum Gasteiger partial charge on any atom is -0.488 e. The van der Waals surface area contributed by atoms with Gasteiger partial charge < -0.3 is 10.5 Å². The minimum atomic E-state index is -0.500. The summed E-state index contributed by atoms with van der Waals surface area (Å²) in [4.78, 5) is 10.2. The van der Waals surface area contributed by atoms with Gasteiger partial charge in [0, 0.05) is 34.8 Å². The third kappa shape index (κ3) is 3.64. The van der Waals surface area contributed by atoms with Crippen molar-refractivity contribution in [3.8, 4) is 5.75 Å². The summed E-state index contributed by atoms with van der Waals surface area (Å²) in [6, 6.07) is 9.48. The van der Waals surface area contributed by atoms with E-state index in [1.807, 2.05) is 0 Å². The van der Waals surface area contributed by atoms with E-state index in [2.05, 4.69) is 0 Å². The number of rotatable bonds is 5. The Labute approximate surface area is 131 Å². The highest BCUT2D eigenvalue weighted by molar-refractivity contribution is 6.31. The summed E-state index contributed by atoms with van der Waals surface area (Å²) in [5, 5.41) is 11.5. The average molecular weight is 327 g/mol. The Bertz CT molecular complexity index is 677. The minimum absolute atomic E-state index is 0.0610. The lowest BCUT2D eigenvalue weighted by atomic mass is 10.2. The molecule has 0 atom stereocenters. The van der Waals surface area contributed by atoms with Gasteiger partial charge in [-0.2, -0.15) is 0 Å². The van der Waals surface area contributed by atoms with Crippen LogP contribution in [0.4, 0.5) is 5.69 Å². The molecule has 0 spiro atoms. The highest BCUT2D eigenvalue weighted by Gasteiger charge is 2.11. The molecule has 0 amide bonds. The van der Waals surface area contributed by atoms with Gasteiger partial charge in [-0.1, -0.05) is 29.3 Å². The van der Waals surface area contributed by atoms with E-state index in [0.717, 1.165) is 0 Å². The van der Waals surface area contributed by atoms with E-state index in [9.17, 15) is 10.1 Å². The molecule has 7 heteroatoms. The summed E-state index contributed by atoms with van der Waals surface area (Å²) in [6.45, 7) is 0.424. The van der Waals surface area contributed by atoms with E-state index in [1.165, 1.54) is 12.1 Å². The summed E-state index contributed by atoms with van der Waals surface area (Å²) in [5.74, 6) is 0.569. The normalized spacial score (nSPS) is 10.4. The second kappa shape index (κ2) is 6.76. The fourth-order valence-electron chi connectivity index (χ4n) is 1.79. The predicted molar refractivity (Wildman–Crippen MR) is 81.8 cm³/mol. The quantitative estimate of drug-likeness (QED) is 0.666. The van der Waals surface area contributed by atoms with Crippen LogP contribution in [-0.2, 0) is 13.2 Å². The molecule has 0 unspecified atom stereocenters. The maximum Gasteiger partial charge on any atom is 0.270 e. The molecule has 0 saturated carbocycles. The van der Waals surface area contributed by atoms with Crippen LogP contribution >= 0.6 is 23.2 Å². The third-order valence-electron chi connectivity index (χ3n) is 2.91. The lowest BCUT2D eigenvalue weighted by molar-refractivity contribution is -0.384. The molecule has 21 heavy (non-hydrogen) atoms. The molecular formula is C14H12Cl2N2O3. The number of nitrogens with zero attached hydrogens (tertiary/aromatic N) is 1. The highest BCUT2D eigenvalue weighted by atomic mass is 35.5. The molecule has 0 saturated heterocycles. The predicted octanol–water partition coefficient (Wildman–Crippen LogP) is 3.94. The van der Waals surface area contributed by atoms with Gasteiger partial charge in [0.05, 0.1) is 9.95 Å². The first-order chi connectivity index (χ1) is 10.0. The molecule has 0 aliphatic rings. The summed E-state index contributed by atoms with van der Waals surface area (Å²) in [6.07, 6.45) is 0. The zero-order chi connectivity index (χ0) is 15.4. The monoisotopic (exact) mass is 326 g/mol.